The quantitative estimate of drug-likeness (QED) is 0.757. The second-order valence-electron chi connectivity index (χ2n) is 3.07. The zero-order valence-corrected chi connectivity index (χ0v) is 9.05. The highest BCUT2D eigenvalue weighted by atomic mass is 35.5. The van der Waals surface area contributed by atoms with E-state index in [-0.39, 0.29) is 0 Å². The van der Waals surface area contributed by atoms with Crippen molar-refractivity contribution >= 4 is 17.4 Å². The summed E-state index contributed by atoms with van der Waals surface area (Å²) in [6.45, 7) is 1.77. The van der Waals surface area contributed by atoms with Crippen LogP contribution in [-0.2, 0) is 0 Å². The maximum atomic E-state index is 8.74. The highest BCUT2D eigenvalue weighted by Crippen LogP contribution is 2.22. The Hall–Kier alpha value is -1.31. The summed E-state index contributed by atoms with van der Waals surface area (Å²) in [5, 5.41) is 10.9. The number of rotatable bonds is 2. The van der Waals surface area contributed by atoms with Gasteiger partial charge >= 0.3 is 0 Å². The minimum Gasteiger partial charge on any atom is -0.302 e. The van der Waals surface area contributed by atoms with Gasteiger partial charge in [0.25, 0.3) is 0 Å². The van der Waals surface area contributed by atoms with Gasteiger partial charge in [-0.25, -0.2) is 9.99 Å². The molecule has 0 bridgehead atoms. The van der Waals surface area contributed by atoms with E-state index in [0.29, 0.717) is 22.1 Å². The van der Waals surface area contributed by atoms with Gasteiger partial charge in [0.1, 0.15) is 6.07 Å². The molecule has 0 aliphatic rings. The summed E-state index contributed by atoms with van der Waals surface area (Å²) >= 11 is 5.92. The molecule has 0 saturated heterocycles. The third-order valence-electron chi connectivity index (χ3n) is 1.62. The van der Waals surface area contributed by atoms with Crippen molar-refractivity contribution in [1.82, 2.24) is 9.99 Å². The molecule has 0 fully saturated rings. The summed E-state index contributed by atoms with van der Waals surface area (Å²) in [7, 11) is 3.68. The summed E-state index contributed by atoms with van der Waals surface area (Å²) in [4.78, 5) is 4.18. The molecule has 1 rings (SSSR count). The topological polar surface area (TPSA) is 52.0 Å². The van der Waals surface area contributed by atoms with Crippen LogP contribution in [0, 0.1) is 18.3 Å². The van der Waals surface area contributed by atoms with E-state index >= 15 is 0 Å². The van der Waals surface area contributed by atoms with E-state index in [2.05, 4.69) is 10.4 Å². The lowest BCUT2D eigenvalue weighted by Crippen LogP contribution is -2.20. The summed E-state index contributed by atoms with van der Waals surface area (Å²) in [6.07, 6.45) is 0. The third-order valence-corrected chi connectivity index (χ3v) is 1.90. The number of nitrogens with one attached hydrogen (secondary N) is 1. The molecule has 0 spiro atoms. The SMILES string of the molecule is Cc1nc(NN(C)C)c(Cl)cc1C#N. The predicted molar refractivity (Wildman–Crippen MR) is 56.0 cm³/mol. The van der Waals surface area contributed by atoms with E-state index in [1.54, 1.807) is 18.0 Å². The fourth-order valence-electron chi connectivity index (χ4n) is 0.984. The van der Waals surface area contributed by atoms with Crippen LogP contribution >= 0.6 is 11.6 Å². The minimum absolute atomic E-state index is 0.445. The van der Waals surface area contributed by atoms with Gasteiger partial charge in [0.05, 0.1) is 16.3 Å². The molecule has 1 N–H and O–H groups in total. The van der Waals surface area contributed by atoms with Crippen molar-refractivity contribution in [2.75, 3.05) is 19.5 Å². The Bertz CT molecular complexity index is 381. The normalized spacial score (nSPS) is 10.0. The molecule has 0 saturated carbocycles. The number of hydrazine groups is 1. The molecular formula is C9H11ClN4. The lowest BCUT2D eigenvalue weighted by atomic mass is 10.2. The molecule has 1 heterocycles. The van der Waals surface area contributed by atoms with Gasteiger partial charge in [0.2, 0.25) is 0 Å². The lowest BCUT2D eigenvalue weighted by molar-refractivity contribution is 0.492. The van der Waals surface area contributed by atoms with Crippen molar-refractivity contribution in [2.45, 2.75) is 6.92 Å². The summed E-state index contributed by atoms with van der Waals surface area (Å²) < 4.78 is 0. The molecule has 74 valence electrons. The second kappa shape index (κ2) is 4.27. The Morgan fingerprint density at radius 2 is 2.21 bits per heavy atom. The molecule has 0 amide bonds. The first-order valence-electron chi connectivity index (χ1n) is 4.06. The smallest absolute Gasteiger partial charge is 0.159 e. The van der Waals surface area contributed by atoms with Crippen molar-refractivity contribution in [2.24, 2.45) is 0 Å². The summed E-state index contributed by atoms with van der Waals surface area (Å²) in [6, 6.07) is 3.64. The molecule has 0 unspecified atom stereocenters. The number of halogens is 1. The Balaban J connectivity index is 3.10. The molecule has 0 aliphatic carbocycles. The minimum atomic E-state index is 0.445. The number of aromatic nitrogens is 1. The van der Waals surface area contributed by atoms with E-state index in [1.165, 1.54) is 0 Å². The van der Waals surface area contributed by atoms with Gasteiger partial charge in [0, 0.05) is 14.1 Å². The molecule has 1 aromatic heterocycles. The number of hydrogen-bond acceptors (Lipinski definition) is 4. The van der Waals surface area contributed by atoms with Gasteiger partial charge in [-0.3, -0.25) is 0 Å². The largest absolute Gasteiger partial charge is 0.302 e. The average molecular weight is 211 g/mol. The predicted octanol–water partition coefficient (Wildman–Crippen LogP) is 1.80. The van der Waals surface area contributed by atoms with Gasteiger partial charge in [-0.05, 0) is 13.0 Å². The first-order valence-corrected chi connectivity index (χ1v) is 4.43. The first kappa shape index (κ1) is 10.8. The van der Waals surface area contributed by atoms with E-state index in [0.717, 1.165) is 0 Å². The molecule has 4 nitrogen and oxygen atoms in total. The van der Waals surface area contributed by atoms with Crippen molar-refractivity contribution in [3.05, 3.63) is 22.3 Å². The molecule has 0 radical (unpaired) electrons. The van der Waals surface area contributed by atoms with Gasteiger partial charge in [-0.15, -0.1) is 0 Å². The van der Waals surface area contributed by atoms with Crippen LogP contribution in [0.1, 0.15) is 11.3 Å². The van der Waals surface area contributed by atoms with Crippen molar-refractivity contribution in [3.8, 4) is 6.07 Å². The third kappa shape index (κ3) is 2.34. The summed E-state index contributed by atoms with van der Waals surface area (Å²) in [5.41, 5.74) is 4.11. The van der Waals surface area contributed by atoms with Crippen LogP contribution in [0.3, 0.4) is 0 Å². The Morgan fingerprint density at radius 3 is 2.71 bits per heavy atom. The van der Waals surface area contributed by atoms with E-state index in [4.69, 9.17) is 16.9 Å². The van der Waals surface area contributed by atoms with Crippen LogP contribution in [0.5, 0.6) is 0 Å². The molecule has 14 heavy (non-hydrogen) atoms. The highest BCUT2D eigenvalue weighted by molar-refractivity contribution is 6.33. The van der Waals surface area contributed by atoms with Crippen molar-refractivity contribution in [3.63, 3.8) is 0 Å². The fourth-order valence-corrected chi connectivity index (χ4v) is 1.18. The zero-order chi connectivity index (χ0) is 10.7. The van der Waals surface area contributed by atoms with E-state index < -0.39 is 0 Å². The highest BCUT2D eigenvalue weighted by Gasteiger charge is 2.07. The molecule has 5 heteroatoms. The number of nitriles is 1. The fraction of sp³-hybridized carbons (Fsp3) is 0.333. The first-order chi connectivity index (χ1) is 6.54. The number of aryl methyl sites for hydroxylation is 1. The van der Waals surface area contributed by atoms with Crippen molar-refractivity contribution < 1.29 is 0 Å². The van der Waals surface area contributed by atoms with Gasteiger partial charge in [-0.2, -0.15) is 5.26 Å². The monoisotopic (exact) mass is 210 g/mol. The van der Waals surface area contributed by atoms with Gasteiger partial charge in [-0.1, -0.05) is 11.6 Å². The molecular weight excluding hydrogens is 200 g/mol. The van der Waals surface area contributed by atoms with Crippen LogP contribution < -0.4 is 5.43 Å². The van der Waals surface area contributed by atoms with Gasteiger partial charge < -0.3 is 5.43 Å². The van der Waals surface area contributed by atoms with E-state index in [1.807, 2.05) is 20.2 Å². The standard InChI is InChI=1S/C9H11ClN4/c1-6-7(5-11)4-8(10)9(12-6)13-14(2)3/h4H,1-3H3,(H,12,13). The maximum Gasteiger partial charge on any atom is 0.159 e. The molecule has 1 aromatic rings. The molecule has 0 aliphatic heterocycles. The number of pyridine rings is 1. The van der Waals surface area contributed by atoms with Crippen molar-refractivity contribution in [1.29, 1.82) is 5.26 Å². The second-order valence-corrected chi connectivity index (χ2v) is 3.48. The van der Waals surface area contributed by atoms with Crippen LogP contribution in [0.4, 0.5) is 5.82 Å². The molecule has 0 aromatic carbocycles. The molecule has 0 atom stereocenters. The Labute approximate surface area is 88.1 Å². The number of nitrogens with zero attached hydrogens (tertiary/aromatic N) is 3. The summed E-state index contributed by atoms with van der Waals surface area (Å²) in [5.74, 6) is 0.563. The van der Waals surface area contributed by atoms with Crippen LogP contribution in [0.2, 0.25) is 5.02 Å². The Morgan fingerprint density at radius 1 is 1.57 bits per heavy atom. The van der Waals surface area contributed by atoms with E-state index in [9.17, 15) is 0 Å². The maximum absolute atomic E-state index is 8.74. The van der Waals surface area contributed by atoms with Gasteiger partial charge in [0.15, 0.2) is 5.82 Å². The average Bonchev–Trinajstić information content (AvgIpc) is 2.10. The zero-order valence-electron chi connectivity index (χ0n) is 8.30. The Kier molecular flexibility index (Phi) is 3.28. The lowest BCUT2D eigenvalue weighted by Gasteiger charge is -2.14. The number of anilines is 1. The van der Waals surface area contributed by atoms with Crippen LogP contribution in [0.15, 0.2) is 6.07 Å². The number of hydrogen-bond donors (Lipinski definition) is 1. The van der Waals surface area contributed by atoms with Crippen LogP contribution in [-0.4, -0.2) is 24.1 Å². The van der Waals surface area contributed by atoms with Crippen LogP contribution in [0.25, 0.3) is 0 Å².